The Balaban J connectivity index is 1.93. The fourth-order valence-electron chi connectivity index (χ4n) is 2.07. The van der Waals surface area contributed by atoms with E-state index in [1.807, 2.05) is 43.3 Å². The molecule has 5 heteroatoms. The quantitative estimate of drug-likeness (QED) is 0.782. The number of carbonyl (C=O) groups excluding carboxylic acids is 1. The third-order valence-electron chi connectivity index (χ3n) is 3.49. The Morgan fingerprint density at radius 3 is 2.38 bits per heavy atom. The van der Waals surface area contributed by atoms with Crippen molar-refractivity contribution in [1.29, 1.82) is 0 Å². The zero-order valence-electron chi connectivity index (χ0n) is 12.2. The molecule has 2 N–H and O–H groups in total. The van der Waals surface area contributed by atoms with Gasteiger partial charge in [0.2, 0.25) is 5.91 Å². The Morgan fingerprint density at radius 1 is 1.29 bits per heavy atom. The van der Waals surface area contributed by atoms with Gasteiger partial charge in [-0.1, -0.05) is 12.1 Å². The molecule has 1 saturated carbocycles. The van der Waals surface area contributed by atoms with Gasteiger partial charge in [-0.25, -0.2) is 4.79 Å². The number of benzene rings is 1. The lowest BCUT2D eigenvalue weighted by molar-refractivity contribution is -0.141. The third kappa shape index (κ3) is 4.34. The molecule has 1 aromatic carbocycles. The largest absolute Gasteiger partial charge is 0.480 e. The normalized spacial score (nSPS) is 15.7. The second-order valence-electron chi connectivity index (χ2n) is 5.48. The highest BCUT2D eigenvalue weighted by Crippen LogP contribution is 2.32. The SMILES string of the molecule is CN(C)c1ccc(C=CC(=O)NC(C(=O)O)C2CC2)cc1. The van der Waals surface area contributed by atoms with Gasteiger partial charge in [0.05, 0.1) is 0 Å². The Morgan fingerprint density at radius 2 is 1.90 bits per heavy atom. The van der Waals surface area contributed by atoms with Crippen molar-refractivity contribution in [2.45, 2.75) is 18.9 Å². The summed E-state index contributed by atoms with van der Waals surface area (Å²) in [5.74, 6) is -1.25. The number of nitrogens with zero attached hydrogens (tertiary/aromatic N) is 1. The Kier molecular flexibility index (Phi) is 4.62. The molecule has 2 rings (SSSR count). The van der Waals surface area contributed by atoms with Crippen LogP contribution in [0, 0.1) is 5.92 Å². The molecule has 5 nitrogen and oxygen atoms in total. The maximum atomic E-state index is 11.8. The minimum absolute atomic E-state index is 0.0826. The molecule has 0 spiro atoms. The number of hydrogen-bond acceptors (Lipinski definition) is 3. The first-order chi connectivity index (χ1) is 9.97. The lowest BCUT2D eigenvalue weighted by atomic mass is 10.1. The van der Waals surface area contributed by atoms with Crippen molar-refractivity contribution in [3.8, 4) is 0 Å². The van der Waals surface area contributed by atoms with E-state index in [1.165, 1.54) is 6.08 Å². The number of carbonyl (C=O) groups is 2. The van der Waals surface area contributed by atoms with Crippen molar-refractivity contribution in [3.05, 3.63) is 35.9 Å². The van der Waals surface area contributed by atoms with Gasteiger partial charge in [0.15, 0.2) is 0 Å². The summed E-state index contributed by atoms with van der Waals surface area (Å²) in [5.41, 5.74) is 1.98. The Hall–Kier alpha value is -2.30. The van der Waals surface area contributed by atoms with Crippen molar-refractivity contribution in [1.82, 2.24) is 5.32 Å². The number of anilines is 1. The van der Waals surface area contributed by atoms with Crippen LogP contribution < -0.4 is 10.2 Å². The number of rotatable bonds is 6. The predicted octanol–water partition coefficient (Wildman–Crippen LogP) is 1.75. The molecule has 0 aliphatic heterocycles. The minimum atomic E-state index is -0.963. The predicted molar refractivity (Wildman–Crippen MR) is 82.1 cm³/mol. The first-order valence-electron chi connectivity index (χ1n) is 6.96. The number of hydrogen-bond donors (Lipinski definition) is 2. The fraction of sp³-hybridized carbons (Fsp3) is 0.375. The number of amides is 1. The first-order valence-corrected chi connectivity index (χ1v) is 6.96. The van der Waals surface area contributed by atoms with E-state index in [9.17, 15) is 9.59 Å². The van der Waals surface area contributed by atoms with E-state index < -0.39 is 12.0 Å². The van der Waals surface area contributed by atoms with Gasteiger partial charge in [-0.2, -0.15) is 0 Å². The lowest BCUT2D eigenvalue weighted by Crippen LogP contribution is -2.41. The third-order valence-corrected chi connectivity index (χ3v) is 3.49. The van der Waals surface area contributed by atoms with Crippen LogP contribution in [-0.2, 0) is 9.59 Å². The standard InChI is InChI=1S/C16H20N2O3/c1-18(2)13-8-3-11(4-9-13)5-10-14(19)17-15(16(20)21)12-6-7-12/h3-5,8-10,12,15H,6-7H2,1-2H3,(H,17,19)(H,20,21). The summed E-state index contributed by atoms with van der Waals surface area (Å²) >= 11 is 0. The molecule has 1 atom stereocenters. The van der Waals surface area contributed by atoms with Gasteiger partial charge in [0.1, 0.15) is 6.04 Å². The number of carboxylic acids is 1. The molecule has 1 unspecified atom stereocenters. The van der Waals surface area contributed by atoms with Gasteiger partial charge in [-0.05, 0) is 42.5 Å². The smallest absolute Gasteiger partial charge is 0.326 e. The molecule has 1 aliphatic carbocycles. The highest BCUT2D eigenvalue weighted by molar-refractivity contribution is 5.94. The highest BCUT2D eigenvalue weighted by atomic mass is 16.4. The average molecular weight is 288 g/mol. The van der Waals surface area contributed by atoms with Crippen LogP contribution in [0.3, 0.4) is 0 Å². The molecule has 1 fully saturated rings. The van der Waals surface area contributed by atoms with Crippen LogP contribution in [0.2, 0.25) is 0 Å². The maximum Gasteiger partial charge on any atom is 0.326 e. The van der Waals surface area contributed by atoms with E-state index in [0.717, 1.165) is 24.1 Å². The van der Waals surface area contributed by atoms with E-state index in [0.29, 0.717) is 0 Å². The van der Waals surface area contributed by atoms with E-state index in [1.54, 1.807) is 6.08 Å². The second kappa shape index (κ2) is 6.43. The van der Waals surface area contributed by atoms with Gasteiger partial charge in [0, 0.05) is 25.9 Å². The van der Waals surface area contributed by atoms with Crippen LogP contribution in [0.5, 0.6) is 0 Å². The minimum Gasteiger partial charge on any atom is -0.480 e. The molecular weight excluding hydrogens is 268 g/mol. The number of nitrogens with one attached hydrogen (secondary N) is 1. The summed E-state index contributed by atoms with van der Waals surface area (Å²) < 4.78 is 0. The zero-order chi connectivity index (χ0) is 15.4. The fourth-order valence-corrected chi connectivity index (χ4v) is 2.07. The molecule has 0 heterocycles. The molecule has 0 bridgehead atoms. The van der Waals surface area contributed by atoms with Gasteiger partial charge >= 0.3 is 5.97 Å². The summed E-state index contributed by atoms with van der Waals surface area (Å²) in [7, 11) is 3.92. The van der Waals surface area contributed by atoms with Gasteiger partial charge in [0.25, 0.3) is 0 Å². The highest BCUT2D eigenvalue weighted by Gasteiger charge is 2.36. The van der Waals surface area contributed by atoms with Gasteiger partial charge in [-0.3, -0.25) is 4.79 Å². The lowest BCUT2D eigenvalue weighted by Gasteiger charge is -2.12. The van der Waals surface area contributed by atoms with Crippen molar-refractivity contribution in [3.63, 3.8) is 0 Å². The maximum absolute atomic E-state index is 11.8. The summed E-state index contributed by atoms with van der Waals surface area (Å²) in [6.07, 6.45) is 4.80. The van der Waals surface area contributed by atoms with Crippen molar-refractivity contribution in [2.24, 2.45) is 5.92 Å². The second-order valence-corrected chi connectivity index (χ2v) is 5.48. The molecule has 112 valence electrons. The molecule has 0 saturated heterocycles. The van der Waals surface area contributed by atoms with Gasteiger partial charge in [-0.15, -0.1) is 0 Å². The molecule has 21 heavy (non-hydrogen) atoms. The van der Waals surface area contributed by atoms with Crippen LogP contribution in [0.1, 0.15) is 18.4 Å². The number of aliphatic carboxylic acids is 1. The van der Waals surface area contributed by atoms with Crippen molar-refractivity contribution >= 4 is 23.6 Å². The zero-order valence-corrected chi connectivity index (χ0v) is 12.2. The van der Waals surface area contributed by atoms with Crippen LogP contribution in [0.15, 0.2) is 30.3 Å². The van der Waals surface area contributed by atoms with Gasteiger partial charge < -0.3 is 15.3 Å². The topological polar surface area (TPSA) is 69.6 Å². The Labute approximate surface area is 124 Å². The van der Waals surface area contributed by atoms with E-state index >= 15 is 0 Å². The molecule has 0 aromatic heterocycles. The van der Waals surface area contributed by atoms with E-state index in [2.05, 4.69) is 5.32 Å². The van der Waals surface area contributed by atoms with Crippen molar-refractivity contribution in [2.75, 3.05) is 19.0 Å². The summed E-state index contributed by atoms with van der Waals surface area (Å²) in [6.45, 7) is 0. The molecule has 1 amide bonds. The molecular formula is C16H20N2O3. The molecule has 1 aliphatic rings. The Bertz CT molecular complexity index is 545. The average Bonchev–Trinajstić information content (AvgIpc) is 3.27. The van der Waals surface area contributed by atoms with Crippen LogP contribution in [0.4, 0.5) is 5.69 Å². The van der Waals surface area contributed by atoms with Crippen molar-refractivity contribution < 1.29 is 14.7 Å². The number of carboxylic acid groups (broad SMARTS) is 1. The summed E-state index contributed by atoms with van der Waals surface area (Å²) in [6, 6.07) is 6.98. The summed E-state index contributed by atoms with van der Waals surface area (Å²) in [5, 5.41) is 11.6. The van der Waals surface area contributed by atoms with E-state index in [-0.39, 0.29) is 11.8 Å². The monoisotopic (exact) mass is 288 g/mol. The van der Waals surface area contributed by atoms with Crippen LogP contribution in [0.25, 0.3) is 6.08 Å². The van der Waals surface area contributed by atoms with E-state index in [4.69, 9.17) is 5.11 Å². The first kappa shape index (κ1) is 15.1. The van der Waals surface area contributed by atoms with Crippen LogP contribution in [-0.4, -0.2) is 37.1 Å². The van der Waals surface area contributed by atoms with Crippen LogP contribution >= 0.6 is 0 Å². The molecule has 0 radical (unpaired) electrons. The molecule has 1 aromatic rings. The summed E-state index contributed by atoms with van der Waals surface area (Å²) in [4.78, 5) is 24.8.